The number of fused-ring (bicyclic) bond motifs is 1. The third-order valence-corrected chi connectivity index (χ3v) is 4.95. The zero-order valence-electron chi connectivity index (χ0n) is 14.5. The number of nitrogens with one attached hydrogen (secondary N) is 1. The van der Waals surface area contributed by atoms with Gasteiger partial charge >= 0.3 is 6.18 Å². The first-order valence-corrected chi connectivity index (χ1v) is 8.93. The molecule has 1 heterocycles. The van der Waals surface area contributed by atoms with E-state index in [-0.39, 0.29) is 5.56 Å². The second-order valence-electron chi connectivity index (χ2n) is 6.20. The Balaban J connectivity index is 2.09. The van der Waals surface area contributed by atoms with Crippen molar-refractivity contribution in [3.8, 4) is 6.07 Å². The number of rotatable bonds is 3. The van der Waals surface area contributed by atoms with Crippen molar-refractivity contribution >= 4 is 32.5 Å². The van der Waals surface area contributed by atoms with Gasteiger partial charge in [0, 0.05) is 22.1 Å². The lowest BCUT2D eigenvalue weighted by Crippen LogP contribution is -2.14. The maximum Gasteiger partial charge on any atom is 0.416 e. The van der Waals surface area contributed by atoms with Gasteiger partial charge in [0.1, 0.15) is 6.07 Å². The van der Waals surface area contributed by atoms with Crippen molar-refractivity contribution < 1.29 is 13.2 Å². The Bertz CT molecular complexity index is 1050. The van der Waals surface area contributed by atoms with Crippen LogP contribution in [0.1, 0.15) is 35.2 Å². The number of hydrogen-bond donors (Lipinski definition) is 1. The first-order chi connectivity index (χ1) is 12.7. The van der Waals surface area contributed by atoms with Gasteiger partial charge in [-0.15, -0.1) is 0 Å². The lowest BCUT2D eigenvalue weighted by molar-refractivity contribution is -0.138. The van der Waals surface area contributed by atoms with Gasteiger partial charge in [0.15, 0.2) is 0 Å². The summed E-state index contributed by atoms with van der Waals surface area (Å²) in [6, 6.07) is 11.3. The Hall–Kier alpha value is -2.59. The van der Waals surface area contributed by atoms with E-state index in [4.69, 9.17) is 0 Å². The molecule has 27 heavy (non-hydrogen) atoms. The van der Waals surface area contributed by atoms with Crippen molar-refractivity contribution in [3.63, 3.8) is 0 Å². The molecule has 0 saturated carbocycles. The number of benzene rings is 2. The van der Waals surface area contributed by atoms with Crippen LogP contribution in [0.15, 0.2) is 47.1 Å². The molecule has 0 bridgehead atoms. The fraction of sp³-hybridized carbons (Fsp3) is 0.200. The Morgan fingerprint density at radius 1 is 1.22 bits per heavy atom. The molecule has 1 N–H and O–H groups in total. The Kier molecular flexibility index (Phi) is 5.11. The maximum absolute atomic E-state index is 13.2. The van der Waals surface area contributed by atoms with E-state index in [1.807, 2.05) is 18.2 Å². The molecule has 3 rings (SSSR count). The van der Waals surface area contributed by atoms with Crippen LogP contribution >= 0.6 is 15.9 Å². The highest BCUT2D eigenvalue weighted by Crippen LogP contribution is 2.36. The number of alkyl halides is 3. The highest BCUT2D eigenvalue weighted by molar-refractivity contribution is 9.10. The molecule has 2 aromatic carbocycles. The normalized spacial score (nSPS) is 12.6. The molecule has 7 heteroatoms. The molecule has 3 aromatic rings. The van der Waals surface area contributed by atoms with Crippen molar-refractivity contribution in [2.75, 3.05) is 5.32 Å². The second kappa shape index (κ2) is 7.20. The summed E-state index contributed by atoms with van der Waals surface area (Å²) < 4.78 is 40.5. The molecular weight excluding hydrogens is 419 g/mol. The summed E-state index contributed by atoms with van der Waals surface area (Å²) in [4.78, 5) is 4.27. The molecule has 0 radical (unpaired) electrons. The van der Waals surface area contributed by atoms with E-state index in [9.17, 15) is 18.4 Å². The average molecular weight is 434 g/mol. The quantitative estimate of drug-likeness (QED) is 0.521. The molecule has 0 aliphatic carbocycles. The zero-order valence-corrected chi connectivity index (χ0v) is 16.1. The van der Waals surface area contributed by atoms with Gasteiger partial charge in [-0.2, -0.15) is 18.4 Å². The smallest absolute Gasteiger partial charge is 0.377 e. The van der Waals surface area contributed by atoms with Crippen LogP contribution < -0.4 is 5.32 Å². The van der Waals surface area contributed by atoms with Gasteiger partial charge in [-0.3, -0.25) is 4.98 Å². The number of pyridine rings is 1. The summed E-state index contributed by atoms with van der Waals surface area (Å²) in [5, 5.41) is 13.4. The van der Waals surface area contributed by atoms with Gasteiger partial charge in [0.25, 0.3) is 0 Å². The van der Waals surface area contributed by atoms with E-state index >= 15 is 0 Å². The lowest BCUT2D eigenvalue weighted by atomic mass is 9.96. The van der Waals surface area contributed by atoms with E-state index in [1.54, 1.807) is 13.0 Å². The molecule has 0 spiro atoms. The first-order valence-electron chi connectivity index (χ1n) is 8.14. The minimum Gasteiger partial charge on any atom is -0.377 e. The monoisotopic (exact) mass is 433 g/mol. The highest BCUT2D eigenvalue weighted by Gasteiger charge is 2.33. The fourth-order valence-electron chi connectivity index (χ4n) is 3.13. The van der Waals surface area contributed by atoms with Crippen LogP contribution in [0.25, 0.3) is 10.9 Å². The standard InChI is InChI=1S/C20H15BrF3N3/c1-11-15(4-3-5-17(11)20(22,23)24)12(2)27-19-13(9-25)10-26-18-7-6-14(21)8-16(18)19/h3-8,10,12H,1-2H3,(H,26,27)/t12-/m1/s1. The van der Waals surface area contributed by atoms with Gasteiger partial charge in [-0.05, 0) is 49.2 Å². The predicted octanol–water partition coefficient (Wildman–Crippen LogP) is 6.37. The van der Waals surface area contributed by atoms with Gasteiger partial charge in [0.05, 0.1) is 22.3 Å². The molecule has 0 saturated heterocycles. The fourth-order valence-corrected chi connectivity index (χ4v) is 3.49. The van der Waals surface area contributed by atoms with Crippen LogP contribution in [0, 0.1) is 18.3 Å². The van der Waals surface area contributed by atoms with Crippen molar-refractivity contribution in [2.24, 2.45) is 0 Å². The molecular formula is C20H15BrF3N3. The van der Waals surface area contributed by atoms with Crippen molar-refractivity contribution in [1.82, 2.24) is 4.98 Å². The van der Waals surface area contributed by atoms with Crippen molar-refractivity contribution in [1.29, 1.82) is 5.26 Å². The minimum absolute atomic E-state index is 0.169. The van der Waals surface area contributed by atoms with Crippen LogP contribution in [-0.4, -0.2) is 4.98 Å². The van der Waals surface area contributed by atoms with Crippen LogP contribution in [0.3, 0.4) is 0 Å². The topological polar surface area (TPSA) is 48.7 Å². The van der Waals surface area contributed by atoms with E-state index in [1.165, 1.54) is 19.2 Å². The number of aromatic nitrogens is 1. The molecule has 0 fully saturated rings. The summed E-state index contributed by atoms with van der Waals surface area (Å²) in [6.45, 7) is 3.23. The van der Waals surface area contributed by atoms with E-state index in [0.29, 0.717) is 22.3 Å². The average Bonchev–Trinajstić information content (AvgIpc) is 2.61. The zero-order chi connectivity index (χ0) is 19.8. The van der Waals surface area contributed by atoms with Crippen LogP contribution in [0.4, 0.5) is 18.9 Å². The molecule has 1 atom stereocenters. The number of hydrogen-bond acceptors (Lipinski definition) is 3. The summed E-state index contributed by atoms with van der Waals surface area (Å²) in [5.41, 5.74) is 1.60. The maximum atomic E-state index is 13.2. The van der Waals surface area contributed by atoms with Gasteiger partial charge in [0.2, 0.25) is 0 Å². The molecule has 0 aliphatic rings. The number of anilines is 1. The Morgan fingerprint density at radius 3 is 2.63 bits per heavy atom. The molecule has 0 aliphatic heterocycles. The van der Waals surface area contributed by atoms with Crippen LogP contribution in [0.2, 0.25) is 0 Å². The highest BCUT2D eigenvalue weighted by atomic mass is 79.9. The number of halogens is 4. The van der Waals surface area contributed by atoms with E-state index in [2.05, 4.69) is 32.3 Å². The third kappa shape index (κ3) is 3.76. The van der Waals surface area contributed by atoms with E-state index in [0.717, 1.165) is 15.9 Å². The largest absolute Gasteiger partial charge is 0.416 e. The summed E-state index contributed by atoms with van der Waals surface area (Å²) >= 11 is 3.40. The SMILES string of the molecule is Cc1c([C@@H](C)Nc2c(C#N)cnc3ccc(Br)cc23)cccc1C(F)(F)F. The summed E-state index contributed by atoms with van der Waals surface area (Å²) in [7, 11) is 0. The third-order valence-electron chi connectivity index (χ3n) is 4.46. The molecule has 0 unspecified atom stereocenters. The van der Waals surface area contributed by atoms with Gasteiger partial charge < -0.3 is 5.32 Å². The lowest BCUT2D eigenvalue weighted by Gasteiger charge is -2.22. The molecule has 138 valence electrons. The van der Waals surface area contributed by atoms with Crippen molar-refractivity contribution in [2.45, 2.75) is 26.1 Å². The van der Waals surface area contributed by atoms with Crippen molar-refractivity contribution in [3.05, 3.63) is 69.3 Å². The van der Waals surface area contributed by atoms with Crippen LogP contribution in [0.5, 0.6) is 0 Å². The number of nitrogens with zero attached hydrogens (tertiary/aromatic N) is 2. The summed E-state index contributed by atoms with van der Waals surface area (Å²) in [5.74, 6) is 0. The molecule has 3 nitrogen and oxygen atoms in total. The number of nitriles is 1. The second-order valence-corrected chi connectivity index (χ2v) is 7.12. The Labute approximate surface area is 163 Å². The minimum atomic E-state index is -4.41. The Morgan fingerprint density at radius 2 is 1.96 bits per heavy atom. The molecule has 0 amide bonds. The van der Waals surface area contributed by atoms with Gasteiger partial charge in [-0.1, -0.05) is 28.1 Å². The molecule has 1 aromatic heterocycles. The summed E-state index contributed by atoms with van der Waals surface area (Å²) in [6.07, 6.45) is -2.95. The first kappa shape index (κ1) is 19.2. The predicted molar refractivity (Wildman–Crippen MR) is 102 cm³/mol. The van der Waals surface area contributed by atoms with E-state index < -0.39 is 17.8 Å². The van der Waals surface area contributed by atoms with Crippen LogP contribution in [-0.2, 0) is 6.18 Å². The van der Waals surface area contributed by atoms with Gasteiger partial charge in [-0.25, -0.2) is 0 Å².